The van der Waals surface area contributed by atoms with Gasteiger partial charge in [0.15, 0.2) is 0 Å². The SMILES string of the molecule is COCCNC(=O)C[C@@H]1CC[C@@H](NS(=O)(=O)c2ccc(C)cc2)[C@@H](CO)O1. The van der Waals surface area contributed by atoms with Crippen molar-refractivity contribution in [2.75, 3.05) is 26.9 Å². The van der Waals surface area contributed by atoms with Gasteiger partial charge in [0.05, 0.1) is 42.8 Å². The van der Waals surface area contributed by atoms with Crippen LogP contribution in [0.4, 0.5) is 0 Å². The van der Waals surface area contributed by atoms with Crippen molar-refractivity contribution in [3.8, 4) is 0 Å². The highest BCUT2D eigenvalue weighted by Crippen LogP contribution is 2.23. The molecule has 3 N–H and O–H groups in total. The second-order valence-corrected chi connectivity index (χ2v) is 8.36. The van der Waals surface area contributed by atoms with E-state index in [9.17, 15) is 18.3 Å². The second kappa shape index (κ2) is 10.1. The number of nitrogens with one attached hydrogen (secondary N) is 2. The van der Waals surface area contributed by atoms with Crippen molar-refractivity contribution in [3.63, 3.8) is 0 Å². The zero-order valence-electron chi connectivity index (χ0n) is 15.7. The number of methoxy groups -OCH3 is 1. The molecule has 1 saturated heterocycles. The summed E-state index contributed by atoms with van der Waals surface area (Å²) in [6, 6.07) is 6.00. The Hall–Kier alpha value is -1.52. The van der Waals surface area contributed by atoms with Gasteiger partial charge in [-0.1, -0.05) is 17.7 Å². The van der Waals surface area contributed by atoms with Gasteiger partial charge in [-0.2, -0.15) is 0 Å². The van der Waals surface area contributed by atoms with Crippen LogP contribution in [0.25, 0.3) is 0 Å². The van der Waals surface area contributed by atoms with Crippen molar-refractivity contribution >= 4 is 15.9 Å². The highest BCUT2D eigenvalue weighted by atomic mass is 32.2. The third-order valence-corrected chi connectivity index (χ3v) is 5.98. The van der Waals surface area contributed by atoms with Gasteiger partial charge in [0.25, 0.3) is 0 Å². The zero-order valence-corrected chi connectivity index (χ0v) is 16.5. The molecule has 0 aromatic heterocycles. The molecule has 1 fully saturated rings. The molecule has 8 nitrogen and oxygen atoms in total. The van der Waals surface area contributed by atoms with E-state index in [-0.39, 0.29) is 29.9 Å². The van der Waals surface area contributed by atoms with Crippen LogP contribution < -0.4 is 10.0 Å². The Labute approximate surface area is 160 Å². The topological polar surface area (TPSA) is 114 Å². The first-order chi connectivity index (χ1) is 12.9. The monoisotopic (exact) mass is 400 g/mol. The van der Waals surface area contributed by atoms with Gasteiger partial charge in [-0.15, -0.1) is 0 Å². The van der Waals surface area contributed by atoms with Crippen LogP contribution in [-0.4, -0.2) is 64.5 Å². The maximum Gasteiger partial charge on any atom is 0.240 e. The molecule has 0 unspecified atom stereocenters. The summed E-state index contributed by atoms with van der Waals surface area (Å²) in [4.78, 5) is 12.1. The Kier molecular flexibility index (Phi) is 8.18. The predicted octanol–water partition coefficient (Wildman–Crippen LogP) is 0.335. The predicted molar refractivity (Wildman–Crippen MR) is 99.8 cm³/mol. The van der Waals surface area contributed by atoms with E-state index in [2.05, 4.69) is 10.0 Å². The lowest BCUT2D eigenvalue weighted by molar-refractivity contribution is -0.130. The quantitative estimate of drug-likeness (QED) is 0.515. The van der Waals surface area contributed by atoms with E-state index in [4.69, 9.17) is 9.47 Å². The molecule has 1 amide bonds. The third kappa shape index (κ3) is 6.54. The molecule has 3 atom stereocenters. The minimum atomic E-state index is -3.71. The van der Waals surface area contributed by atoms with Crippen molar-refractivity contribution in [2.24, 2.45) is 0 Å². The van der Waals surface area contributed by atoms with E-state index in [1.54, 1.807) is 31.4 Å². The van der Waals surface area contributed by atoms with E-state index in [0.29, 0.717) is 26.0 Å². The number of ether oxygens (including phenoxy) is 2. The van der Waals surface area contributed by atoms with Crippen LogP contribution >= 0.6 is 0 Å². The smallest absolute Gasteiger partial charge is 0.240 e. The molecule has 1 aromatic rings. The largest absolute Gasteiger partial charge is 0.394 e. The molecule has 0 aliphatic carbocycles. The van der Waals surface area contributed by atoms with Gasteiger partial charge < -0.3 is 19.9 Å². The normalized spacial score (nSPS) is 23.1. The molecule has 0 radical (unpaired) electrons. The van der Waals surface area contributed by atoms with Gasteiger partial charge in [-0.25, -0.2) is 13.1 Å². The Morgan fingerprint density at radius 2 is 2.00 bits per heavy atom. The third-order valence-electron chi connectivity index (χ3n) is 4.47. The Morgan fingerprint density at radius 1 is 1.30 bits per heavy atom. The van der Waals surface area contributed by atoms with Crippen molar-refractivity contribution in [1.82, 2.24) is 10.0 Å². The number of aliphatic hydroxyl groups is 1. The molecular weight excluding hydrogens is 372 g/mol. The number of hydrogen-bond donors (Lipinski definition) is 3. The van der Waals surface area contributed by atoms with Crippen LogP contribution in [0, 0.1) is 6.92 Å². The molecule has 1 aliphatic heterocycles. The number of amides is 1. The number of aryl methyl sites for hydroxylation is 1. The average molecular weight is 400 g/mol. The first-order valence-corrected chi connectivity index (χ1v) is 10.4. The van der Waals surface area contributed by atoms with Crippen LogP contribution in [0.15, 0.2) is 29.2 Å². The fourth-order valence-electron chi connectivity index (χ4n) is 2.97. The van der Waals surface area contributed by atoms with Crippen molar-refractivity contribution in [2.45, 2.75) is 49.3 Å². The molecule has 0 saturated carbocycles. The number of sulfonamides is 1. The van der Waals surface area contributed by atoms with E-state index in [0.717, 1.165) is 5.56 Å². The van der Waals surface area contributed by atoms with Crippen LogP contribution in [-0.2, 0) is 24.3 Å². The molecular formula is C18H28N2O6S. The van der Waals surface area contributed by atoms with E-state index in [1.165, 1.54) is 0 Å². The van der Waals surface area contributed by atoms with Crippen molar-refractivity contribution in [1.29, 1.82) is 0 Å². The Morgan fingerprint density at radius 3 is 2.63 bits per heavy atom. The van der Waals surface area contributed by atoms with Crippen LogP contribution in [0.1, 0.15) is 24.8 Å². The fraction of sp³-hybridized carbons (Fsp3) is 0.611. The first-order valence-electron chi connectivity index (χ1n) is 8.96. The van der Waals surface area contributed by atoms with Gasteiger partial charge >= 0.3 is 0 Å². The number of hydrogen-bond acceptors (Lipinski definition) is 6. The Bertz CT molecular complexity index is 707. The molecule has 152 valence electrons. The summed E-state index contributed by atoms with van der Waals surface area (Å²) in [6.45, 7) is 2.40. The maximum atomic E-state index is 12.6. The lowest BCUT2D eigenvalue weighted by Gasteiger charge is -2.35. The second-order valence-electron chi connectivity index (χ2n) is 6.64. The summed E-state index contributed by atoms with van der Waals surface area (Å²) in [5.74, 6) is -0.160. The van der Waals surface area contributed by atoms with Gasteiger partial charge in [0.2, 0.25) is 15.9 Å². The minimum absolute atomic E-state index is 0.160. The molecule has 27 heavy (non-hydrogen) atoms. The van der Waals surface area contributed by atoms with Crippen molar-refractivity contribution in [3.05, 3.63) is 29.8 Å². The van der Waals surface area contributed by atoms with Crippen LogP contribution in [0.2, 0.25) is 0 Å². The van der Waals surface area contributed by atoms with Gasteiger partial charge in [-0.05, 0) is 31.9 Å². The Balaban J connectivity index is 1.92. The summed E-state index contributed by atoms with van der Waals surface area (Å²) in [7, 11) is -2.15. The van der Waals surface area contributed by atoms with E-state index >= 15 is 0 Å². The summed E-state index contributed by atoms with van der Waals surface area (Å²) in [6.07, 6.45) is 0.111. The zero-order chi connectivity index (χ0) is 19.9. The molecule has 0 spiro atoms. The number of carbonyl (C=O) groups is 1. The molecule has 0 bridgehead atoms. The minimum Gasteiger partial charge on any atom is -0.394 e. The molecule has 1 aromatic carbocycles. The van der Waals surface area contributed by atoms with Crippen LogP contribution in [0.5, 0.6) is 0 Å². The summed E-state index contributed by atoms with van der Waals surface area (Å²) >= 11 is 0. The fourth-order valence-corrected chi connectivity index (χ4v) is 4.27. The molecule has 1 aliphatic rings. The lowest BCUT2D eigenvalue weighted by atomic mass is 9.98. The highest BCUT2D eigenvalue weighted by Gasteiger charge is 2.34. The van der Waals surface area contributed by atoms with Gasteiger partial charge in [-0.3, -0.25) is 4.79 Å². The lowest BCUT2D eigenvalue weighted by Crippen LogP contribution is -2.51. The number of aliphatic hydroxyl groups excluding tert-OH is 1. The average Bonchev–Trinajstić information content (AvgIpc) is 2.63. The first kappa shape index (κ1) is 21.8. The highest BCUT2D eigenvalue weighted by molar-refractivity contribution is 7.89. The number of benzene rings is 1. The maximum absolute atomic E-state index is 12.6. The number of rotatable bonds is 9. The molecule has 2 rings (SSSR count). The standard InChI is InChI=1S/C18H28N2O6S/c1-13-3-6-15(7-4-13)27(23,24)20-16-8-5-14(26-17(16)12-21)11-18(22)19-9-10-25-2/h3-4,6-7,14,16-17,20-21H,5,8-12H2,1-2H3,(H,19,22)/t14-,16+,17+/m0/s1. The van der Waals surface area contributed by atoms with Gasteiger partial charge in [0.1, 0.15) is 0 Å². The summed E-state index contributed by atoms with van der Waals surface area (Å²) < 4.78 is 38.4. The van der Waals surface area contributed by atoms with Crippen molar-refractivity contribution < 1.29 is 27.8 Å². The molecule has 9 heteroatoms. The summed E-state index contributed by atoms with van der Waals surface area (Å²) in [5, 5.41) is 12.3. The molecule has 1 heterocycles. The summed E-state index contributed by atoms with van der Waals surface area (Å²) in [5.41, 5.74) is 0.967. The van der Waals surface area contributed by atoms with Crippen LogP contribution in [0.3, 0.4) is 0 Å². The van der Waals surface area contributed by atoms with E-state index in [1.807, 2.05) is 6.92 Å². The number of carbonyl (C=O) groups excluding carboxylic acids is 1. The van der Waals surface area contributed by atoms with Gasteiger partial charge in [0, 0.05) is 13.7 Å². The van der Waals surface area contributed by atoms with E-state index < -0.39 is 22.2 Å².